The fourth-order valence-corrected chi connectivity index (χ4v) is 6.94. The van der Waals surface area contributed by atoms with Crippen LogP contribution in [0.4, 0.5) is 0 Å². The second-order valence-electron chi connectivity index (χ2n) is 10.6. The highest BCUT2D eigenvalue weighted by Gasteiger charge is 2.60. The number of aliphatic hydroxyl groups is 1. The molecule has 6 heteroatoms. The summed E-state index contributed by atoms with van der Waals surface area (Å²) in [6.07, 6.45) is 0.953. The van der Waals surface area contributed by atoms with E-state index in [4.69, 9.17) is 14.2 Å². The summed E-state index contributed by atoms with van der Waals surface area (Å²) in [5.74, 6) is -1.29. The number of esters is 2. The van der Waals surface area contributed by atoms with Crippen molar-refractivity contribution in [1.82, 2.24) is 0 Å². The lowest BCUT2D eigenvalue weighted by Crippen LogP contribution is -2.60. The van der Waals surface area contributed by atoms with Crippen LogP contribution in [0.5, 0.6) is 0 Å². The minimum absolute atomic E-state index is 0.107. The zero-order valence-corrected chi connectivity index (χ0v) is 20.0. The molecule has 0 aromatic carbocycles. The molecule has 0 heterocycles. The van der Waals surface area contributed by atoms with Gasteiger partial charge in [0.05, 0.1) is 12.2 Å². The zero-order valence-electron chi connectivity index (χ0n) is 20.0. The van der Waals surface area contributed by atoms with Gasteiger partial charge in [0.25, 0.3) is 0 Å². The zero-order chi connectivity index (χ0) is 23.3. The van der Waals surface area contributed by atoms with E-state index in [1.807, 2.05) is 0 Å². The molecule has 0 unspecified atom stereocenters. The number of hydrogen-bond donors (Lipinski definition) is 1. The molecule has 0 spiro atoms. The standard InChI is InChI=1S/C25H38O6/c1-13-11-18(30-15(3)26)22-23(31-16(4)27)21-14(2)17(28)9-10-25(21,7)12-19(29-8)20(13)24(22,5)6/h17-19,21-23,28H,2,9-12H2,1,3-8H3/t17-,18-,19-,21-,22-,23-,25-/m0/s1. The van der Waals surface area contributed by atoms with Crippen molar-refractivity contribution in [2.24, 2.45) is 22.7 Å². The number of aliphatic hydroxyl groups excluding tert-OH is 1. The molecule has 0 amide bonds. The van der Waals surface area contributed by atoms with Crippen molar-refractivity contribution in [2.45, 2.75) is 91.6 Å². The third-order valence-corrected chi connectivity index (χ3v) is 8.02. The average molecular weight is 435 g/mol. The quantitative estimate of drug-likeness (QED) is 0.535. The van der Waals surface area contributed by atoms with Crippen LogP contribution in [0, 0.1) is 22.7 Å². The number of ether oxygens (including phenoxy) is 3. The maximum Gasteiger partial charge on any atom is 0.302 e. The minimum Gasteiger partial charge on any atom is -0.462 e. The van der Waals surface area contributed by atoms with Crippen molar-refractivity contribution in [3.63, 3.8) is 0 Å². The number of carbonyl (C=O) groups excluding carboxylic acids is 2. The lowest BCUT2D eigenvalue weighted by Gasteiger charge is -2.58. The number of hydrogen-bond acceptors (Lipinski definition) is 6. The third-order valence-electron chi connectivity index (χ3n) is 8.02. The molecule has 3 aliphatic rings. The topological polar surface area (TPSA) is 82.1 Å². The molecule has 31 heavy (non-hydrogen) atoms. The predicted molar refractivity (Wildman–Crippen MR) is 117 cm³/mol. The number of carbonyl (C=O) groups is 2. The Kier molecular flexibility index (Phi) is 6.47. The minimum atomic E-state index is -0.646. The fraction of sp³-hybridized carbons (Fsp3) is 0.760. The van der Waals surface area contributed by atoms with E-state index in [1.165, 1.54) is 19.4 Å². The van der Waals surface area contributed by atoms with Crippen molar-refractivity contribution >= 4 is 11.9 Å². The summed E-state index contributed by atoms with van der Waals surface area (Å²) in [6, 6.07) is 0. The molecule has 174 valence electrons. The van der Waals surface area contributed by atoms with Gasteiger partial charge in [-0.05, 0) is 48.2 Å². The van der Waals surface area contributed by atoms with E-state index in [9.17, 15) is 14.7 Å². The van der Waals surface area contributed by atoms with Gasteiger partial charge in [0, 0.05) is 39.2 Å². The Morgan fingerprint density at radius 3 is 2.29 bits per heavy atom. The molecule has 0 saturated heterocycles. The van der Waals surface area contributed by atoms with Gasteiger partial charge in [-0.2, -0.15) is 0 Å². The maximum atomic E-state index is 12.3. The Hall–Kier alpha value is -1.66. The van der Waals surface area contributed by atoms with Crippen LogP contribution >= 0.6 is 0 Å². The maximum absolute atomic E-state index is 12.3. The summed E-state index contributed by atoms with van der Waals surface area (Å²) in [6.45, 7) is 15.6. The first-order valence-corrected chi connectivity index (χ1v) is 11.3. The number of rotatable bonds is 3. The number of methoxy groups -OCH3 is 1. The molecule has 1 N–H and O–H groups in total. The van der Waals surface area contributed by atoms with Crippen molar-refractivity contribution in [1.29, 1.82) is 0 Å². The molecule has 7 atom stereocenters. The van der Waals surface area contributed by atoms with Crippen molar-refractivity contribution in [3.8, 4) is 0 Å². The molecule has 3 aliphatic carbocycles. The molecule has 0 radical (unpaired) electrons. The molecule has 2 saturated carbocycles. The molecular weight excluding hydrogens is 396 g/mol. The third kappa shape index (κ3) is 4.09. The summed E-state index contributed by atoms with van der Waals surface area (Å²) < 4.78 is 18.0. The van der Waals surface area contributed by atoms with Gasteiger partial charge >= 0.3 is 11.9 Å². The van der Waals surface area contributed by atoms with Crippen molar-refractivity contribution in [3.05, 3.63) is 23.3 Å². The van der Waals surface area contributed by atoms with Crippen molar-refractivity contribution in [2.75, 3.05) is 7.11 Å². The molecule has 0 aromatic heterocycles. The SMILES string of the molecule is C=C1[C@@H](O)CC[C@@]2(C)C[C@H](OC)C3=C(C)C[C@H](OC(C)=O)[C@@H]([C@@H](OC(C)=O)[C@H]12)C3(C)C. The number of fused-ring (bicyclic) bond motifs is 3. The van der Waals surface area contributed by atoms with E-state index in [1.54, 1.807) is 7.11 Å². The summed E-state index contributed by atoms with van der Waals surface area (Å²) in [5.41, 5.74) is 2.33. The normalized spacial score (nSPS) is 39.8. The van der Waals surface area contributed by atoms with Gasteiger partial charge in [0.1, 0.15) is 12.2 Å². The van der Waals surface area contributed by atoms with E-state index in [0.29, 0.717) is 18.4 Å². The van der Waals surface area contributed by atoms with E-state index in [-0.39, 0.29) is 35.3 Å². The summed E-state index contributed by atoms with van der Waals surface area (Å²) in [4.78, 5) is 24.3. The van der Waals surface area contributed by atoms with Crippen LogP contribution in [0.25, 0.3) is 0 Å². The molecule has 0 aliphatic heterocycles. The Bertz CT molecular complexity index is 796. The van der Waals surface area contributed by atoms with Gasteiger partial charge in [-0.25, -0.2) is 0 Å². The fourth-order valence-electron chi connectivity index (χ4n) is 6.94. The molecule has 2 fully saturated rings. The second-order valence-corrected chi connectivity index (χ2v) is 10.6. The highest BCUT2D eigenvalue weighted by Crippen LogP contribution is 2.60. The van der Waals surface area contributed by atoms with Crippen LogP contribution in [-0.4, -0.2) is 48.6 Å². The molecule has 3 rings (SSSR count). The summed E-state index contributed by atoms with van der Waals surface area (Å²) in [7, 11) is 1.74. The smallest absolute Gasteiger partial charge is 0.302 e. The Balaban J connectivity index is 2.28. The highest BCUT2D eigenvalue weighted by atomic mass is 16.6. The van der Waals surface area contributed by atoms with Gasteiger partial charge in [0.2, 0.25) is 0 Å². The van der Waals surface area contributed by atoms with E-state index in [0.717, 1.165) is 18.4 Å². The summed E-state index contributed by atoms with van der Waals surface area (Å²) in [5, 5.41) is 10.7. The van der Waals surface area contributed by atoms with Crippen molar-refractivity contribution < 1.29 is 28.9 Å². The lowest BCUT2D eigenvalue weighted by atomic mass is 9.50. The second kappa shape index (κ2) is 8.36. The Morgan fingerprint density at radius 1 is 1.13 bits per heavy atom. The first-order valence-electron chi connectivity index (χ1n) is 11.3. The first kappa shape index (κ1) is 24.0. The van der Waals surface area contributed by atoms with Crippen LogP contribution in [0.3, 0.4) is 0 Å². The Labute approximate surface area is 186 Å². The molecular formula is C25H38O6. The lowest BCUT2D eigenvalue weighted by molar-refractivity contribution is -0.182. The van der Waals surface area contributed by atoms with Crippen LogP contribution in [-0.2, 0) is 23.8 Å². The van der Waals surface area contributed by atoms with Crippen LogP contribution in [0.2, 0.25) is 0 Å². The predicted octanol–water partition coefficient (Wildman–Crippen LogP) is 3.96. The molecule has 6 nitrogen and oxygen atoms in total. The highest BCUT2D eigenvalue weighted by molar-refractivity contribution is 5.67. The van der Waals surface area contributed by atoms with Crippen LogP contribution < -0.4 is 0 Å². The molecule has 0 aromatic rings. The largest absolute Gasteiger partial charge is 0.462 e. The van der Waals surface area contributed by atoms with E-state index >= 15 is 0 Å². The Morgan fingerprint density at radius 2 is 1.74 bits per heavy atom. The van der Waals surface area contributed by atoms with Gasteiger partial charge in [-0.1, -0.05) is 32.9 Å². The van der Waals surface area contributed by atoms with E-state index in [2.05, 4.69) is 34.3 Å². The molecule has 2 bridgehead atoms. The van der Waals surface area contributed by atoms with Gasteiger partial charge in [-0.15, -0.1) is 0 Å². The summed E-state index contributed by atoms with van der Waals surface area (Å²) >= 11 is 0. The van der Waals surface area contributed by atoms with Crippen LogP contribution in [0.15, 0.2) is 23.3 Å². The average Bonchev–Trinajstić information content (AvgIpc) is 2.61. The van der Waals surface area contributed by atoms with Crippen LogP contribution in [0.1, 0.15) is 67.2 Å². The van der Waals surface area contributed by atoms with Gasteiger partial charge in [0.15, 0.2) is 0 Å². The van der Waals surface area contributed by atoms with Gasteiger partial charge in [-0.3, -0.25) is 9.59 Å². The van der Waals surface area contributed by atoms with E-state index < -0.39 is 23.7 Å². The van der Waals surface area contributed by atoms with Gasteiger partial charge < -0.3 is 19.3 Å². The first-order chi connectivity index (χ1) is 14.3. The monoisotopic (exact) mass is 434 g/mol.